The van der Waals surface area contributed by atoms with Gasteiger partial charge >= 0.3 is 5.97 Å². The smallest absolute Gasteiger partial charge is 0.336 e. The van der Waals surface area contributed by atoms with Crippen molar-refractivity contribution in [3.63, 3.8) is 0 Å². The van der Waals surface area contributed by atoms with Crippen LogP contribution in [0.15, 0.2) is 16.5 Å². The lowest BCUT2D eigenvalue weighted by Crippen LogP contribution is -2.11. The van der Waals surface area contributed by atoms with Gasteiger partial charge in [0.25, 0.3) is 0 Å². The quantitative estimate of drug-likeness (QED) is 0.908. The van der Waals surface area contributed by atoms with Crippen molar-refractivity contribution in [1.29, 1.82) is 0 Å². The van der Waals surface area contributed by atoms with Crippen molar-refractivity contribution < 1.29 is 14.3 Å². The van der Waals surface area contributed by atoms with E-state index in [1.54, 1.807) is 13.0 Å². The van der Waals surface area contributed by atoms with Gasteiger partial charge in [-0.05, 0) is 25.0 Å². The van der Waals surface area contributed by atoms with Crippen LogP contribution in [0.1, 0.15) is 48.1 Å². The van der Waals surface area contributed by atoms with Crippen LogP contribution in [0.3, 0.4) is 0 Å². The predicted molar refractivity (Wildman–Crippen MR) is 74.9 cm³/mol. The van der Waals surface area contributed by atoms with Gasteiger partial charge in [-0.3, -0.25) is 0 Å². The molecule has 1 heterocycles. The monoisotopic (exact) mass is 274 g/mol. The van der Waals surface area contributed by atoms with Gasteiger partial charge in [0.2, 0.25) is 11.8 Å². The van der Waals surface area contributed by atoms with Crippen molar-refractivity contribution in [3.05, 3.63) is 34.7 Å². The molecule has 0 aliphatic heterocycles. The standard InChI is InChI=1S/C15H18N2O3/c1-8-6-7-9(2)11(13(18)19)10(8)12-16-17-14(20-12)15(3,4)5/h6-7H,1-5H3,(H,18,19). The van der Waals surface area contributed by atoms with Gasteiger partial charge < -0.3 is 9.52 Å². The molecule has 0 fully saturated rings. The first kappa shape index (κ1) is 14.2. The number of benzene rings is 1. The Morgan fingerprint density at radius 2 is 1.75 bits per heavy atom. The highest BCUT2D eigenvalue weighted by atomic mass is 16.4. The fourth-order valence-corrected chi connectivity index (χ4v) is 1.99. The minimum absolute atomic E-state index is 0.217. The van der Waals surface area contributed by atoms with Crippen molar-refractivity contribution in [3.8, 4) is 11.5 Å². The number of carboxylic acid groups (broad SMARTS) is 1. The molecule has 0 aliphatic rings. The average Bonchev–Trinajstić information content (AvgIpc) is 2.80. The molecule has 20 heavy (non-hydrogen) atoms. The zero-order valence-electron chi connectivity index (χ0n) is 12.3. The number of rotatable bonds is 2. The van der Waals surface area contributed by atoms with Gasteiger partial charge in [-0.15, -0.1) is 10.2 Å². The highest BCUT2D eigenvalue weighted by Gasteiger charge is 2.25. The summed E-state index contributed by atoms with van der Waals surface area (Å²) in [4.78, 5) is 11.5. The van der Waals surface area contributed by atoms with Gasteiger partial charge in [-0.2, -0.15) is 0 Å². The third kappa shape index (κ3) is 2.43. The Morgan fingerprint density at radius 1 is 1.15 bits per heavy atom. The minimum Gasteiger partial charge on any atom is -0.478 e. The SMILES string of the molecule is Cc1ccc(C)c(-c2nnc(C(C)(C)C)o2)c1C(=O)O. The highest BCUT2D eigenvalue weighted by Crippen LogP contribution is 2.31. The number of aryl methyl sites for hydroxylation is 2. The third-order valence-corrected chi connectivity index (χ3v) is 3.12. The van der Waals surface area contributed by atoms with Crippen LogP contribution in [-0.2, 0) is 5.41 Å². The molecule has 1 aromatic carbocycles. The Balaban J connectivity index is 2.67. The number of aromatic nitrogens is 2. The molecule has 0 radical (unpaired) electrons. The lowest BCUT2D eigenvalue weighted by molar-refractivity contribution is 0.0696. The Labute approximate surface area is 117 Å². The molecule has 0 saturated heterocycles. The maximum atomic E-state index is 11.5. The molecular weight excluding hydrogens is 256 g/mol. The van der Waals surface area contributed by atoms with Crippen molar-refractivity contribution >= 4 is 5.97 Å². The molecule has 0 atom stereocenters. The molecule has 1 N–H and O–H groups in total. The van der Waals surface area contributed by atoms with Gasteiger partial charge in [0.05, 0.1) is 11.1 Å². The second-order valence-corrected chi connectivity index (χ2v) is 5.92. The van der Waals surface area contributed by atoms with E-state index >= 15 is 0 Å². The summed E-state index contributed by atoms with van der Waals surface area (Å²) in [5.41, 5.74) is 1.92. The zero-order chi connectivity index (χ0) is 15.1. The predicted octanol–water partition coefficient (Wildman–Crippen LogP) is 3.35. The van der Waals surface area contributed by atoms with E-state index < -0.39 is 5.97 Å². The molecule has 2 rings (SSSR count). The Kier molecular flexibility index (Phi) is 3.38. The Hall–Kier alpha value is -2.17. The van der Waals surface area contributed by atoms with Crippen LogP contribution in [-0.4, -0.2) is 21.3 Å². The topological polar surface area (TPSA) is 76.2 Å². The van der Waals surface area contributed by atoms with Crippen LogP contribution in [0.2, 0.25) is 0 Å². The van der Waals surface area contributed by atoms with Crippen LogP contribution >= 0.6 is 0 Å². The van der Waals surface area contributed by atoms with Crippen molar-refractivity contribution in [1.82, 2.24) is 10.2 Å². The lowest BCUT2D eigenvalue weighted by atomic mass is 9.96. The maximum Gasteiger partial charge on any atom is 0.336 e. The molecule has 5 nitrogen and oxygen atoms in total. The maximum absolute atomic E-state index is 11.5. The summed E-state index contributed by atoms with van der Waals surface area (Å²) in [5.74, 6) is -0.241. The van der Waals surface area contributed by atoms with Gasteiger partial charge in [-0.1, -0.05) is 32.9 Å². The summed E-state index contributed by atoms with van der Waals surface area (Å²) in [5, 5.41) is 17.5. The first-order valence-corrected chi connectivity index (χ1v) is 6.39. The molecule has 0 unspecified atom stereocenters. The third-order valence-electron chi connectivity index (χ3n) is 3.12. The van der Waals surface area contributed by atoms with Crippen LogP contribution in [0.4, 0.5) is 0 Å². The van der Waals surface area contributed by atoms with E-state index in [9.17, 15) is 9.90 Å². The molecule has 2 aromatic rings. The van der Waals surface area contributed by atoms with E-state index in [1.807, 2.05) is 33.8 Å². The van der Waals surface area contributed by atoms with Crippen LogP contribution in [0.25, 0.3) is 11.5 Å². The minimum atomic E-state index is -0.989. The van der Waals surface area contributed by atoms with Crippen LogP contribution in [0.5, 0.6) is 0 Å². The number of hydrogen-bond donors (Lipinski definition) is 1. The van der Waals surface area contributed by atoms with E-state index in [0.29, 0.717) is 17.0 Å². The summed E-state index contributed by atoms with van der Waals surface area (Å²) in [7, 11) is 0. The summed E-state index contributed by atoms with van der Waals surface area (Å²) >= 11 is 0. The van der Waals surface area contributed by atoms with Gasteiger partial charge in [0.1, 0.15) is 0 Å². The molecule has 0 spiro atoms. The number of carboxylic acids is 1. The van der Waals surface area contributed by atoms with Gasteiger partial charge in [0.15, 0.2) is 0 Å². The van der Waals surface area contributed by atoms with E-state index in [-0.39, 0.29) is 16.9 Å². The molecule has 106 valence electrons. The Bertz CT molecular complexity index is 666. The molecule has 0 bridgehead atoms. The average molecular weight is 274 g/mol. The lowest BCUT2D eigenvalue weighted by Gasteiger charge is -2.12. The molecule has 0 saturated carbocycles. The van der Waals surface area contributed by atoms with E-state index in [4.69, 9.17) is 4.42 Å². The number of nitrogens with zero attached hydrogens (tertiary/aromatic N) is 2. The fraction of sp³-hybridized carbons (Fsp3) is 0.400. The number of carbonyl (C=O) groups is 1. The summed E-state index contributed by atoms with van der Waals surface area (Å²) < 4.78 is 5.68. The normalized spacial score (nSPS) is 11.7. The van der Waals surface area contributed by atoms with Gasteiger partial charge in [0, 0.05) is 5.41 Å². The number of hydrogen-bond acceptors (Lipinski definition) is 4. The summed E-state index contributed by atoms with van der Waals surface area (Å²) in [6.07, 6.45) is 0. The highest BCUT2D eigenvalue weighted by molar-refractivity contribution is 5.97. The van der Waals surface area contributed by atoms with E-state index in [0.717, 1.165) is 5.56 Å². The van der Waals surface area contributed by atoms with Crippen molar-refractivity contribution in [2.75, 3.05) is 0 Å². The molecule has 0 amide bonds. The van der Waals surface area contributed by atoms with Crippen molar-refractivity contribution in [2.24, 2.45) is 0 Å². The van der Waals surface area contributed by atoms with Crippen molar-refractivity contribution in [2.45, 2.75) is 40.0 Å². The summed E-state index contributed by atoms with van der Waals surface area (Å²) in [6, 6.07) is 3.64. The van der Waals surface area contributed by atoms with Crippen LogP contribution < -0.4 is 0 Å². The van der Waals surface area contributed by atoms with E-state index in [1.165, 1.54) is 0 Å². The fourth-order valence-electron chi connectivity index (χ4n) is 1.99. The molecule has 0 aliphatic carbocycles. The van der Waals surface area contributed by atoms with Gasteiger partial charge in [-0.25, -0.2) is 4.79 Å². The number of aromatic carboxylic acids is 1. The summed E-state index contributed by atoms with van der Waals surface area (Å²) in [6.45, 7) is 9.48. The second kappa shape index (κ2) is 4.74. The largest absolute Gasteiger partial charge is 0.478 e. The first-order valence-electron chi connectivity index (χ1n) is 6.39. The zero-order valence-corrected chi connectivity index (χ0v) is 12.3. The Morgan fingerprint density at radius 3 is 2.25 bits per heavy atom. The molecule has 1 aromatic heterocycles. The van der Waals surface area contributed by atoms with E-state index in [2.05, 4.69) is 10.2 Å². The first-order chi connectivity index (χ1) is 9.21. The molecule has 5 heteroatoms. The van der Waals surface area contributed by atoms with Crippen LogP contribution in [0, 0.1) is 13.8 Å². The second-order valence-electron chi connectivity index (χ2n) is 5.92. The molecular formula is C15H18N2O3.